The number of phenolic OH excluding ortho intramolecular Hbond substituents is 1. The van der Waals surface area contributed by atoms with Crippen LogP contribution in [0, 0.1) is 5.92 Å². The Morgan fingerprint density at radius 2 is 2.10 bits per heavy atom. The molecule has 1 fully saturated rings. The van der Waals surface area contributed by atoms with Crippen LogP contribution in [-0.4, -0.2) is 35.6 Å². The molecule has 5 nitrogen and oxygen atoms in total. The van der Waals surface area contributed by atoms with Crippen molar-refractivity contribution in [3.63, 3.8) is 0 Å². The van der Waals surface area contributed by atoms with Gasteiger partial charge in [0.2, 0.25) is 5.91 Å². The number of ether oxygens (including phenoxy) is 1. The predicted molar refractivity (Wildman–Crippen MR) is 62.3 cm³/mol. The van der Waals surface area contributed by atoms with Crippen molar-refractivity contribution in [1.82, 2.24) is 0 Å². The van der Waals surface area contributed by atoms with Gasteiger partial charge in [0.1, 0.15) is 11.5 Å². The Bertz CT molecular complexity index is 518. The molecule has 8 heteroatoms. The van der Waals surface area contributed by atoms with Gasteiger partial charge in [0.05, 0.1) is 5.69 Å². The second-order valence-corrected chi connectivity index (χ2v) is 4.46. The minimum atomic E-state index is -4.85. The van der Waals surface area contributed by atoms with Crippen molar-refractivity contribution in [3.8, 4) is 11.5 Å². The fourth-order valence-corrected chi connectivity index (χ4v) is 2.05. The number of carbonyl (C=O) groups excluding carboxylic acids is 1. The molecule has 2 N–H and O–H groups in total. The predicted octanol–water partition coefficient (Wildman–Crippen LogP) is 1.64. The first kappa shape index (κ1) is 14.4. The number of carbonyl (C=O) groups is 1. The van der Waals surface area contributed by atoms with Crippen LogP contribution < -0.4 is 9.64 Å². The zero-order chi connectivity index (χ0) is 14.9. The first-order chi connectivity index (χ1) is 9.30. The van der Waals surface area contributed by atoms with Gasteiger partial charge in [-0.05, 0) is 12.1 Å². The standard InChI is InChI=1S/C12H12F3NO4/c13-12(14,15)20-8-1-2-10(18)9(4-8)16-5-7(6-17)3-11(16)19/h1-2,4,7,17-18H,3,5-6H2. The fraction of sp³-hybridized carbons (Fsp3) is 0.417. The monoisotopic (exact) mass is 291 g/mol. The topological polar surface area (TPSA) is 70.0 Å². The van der Waals surface area contributed by atoms with Gasteiger partial charge in [0, 0.05) is 31.6 Å². The number of alkyl halides is 3. The van der Waals surface area contributed by atoms with Crippen molar-refractivity contribution in [2.75, 3.05) is 18.1 Å². The highest BCUT2D eigenvalue weighted by molar-refractivity contribution is 5.97. The van der Waals surface area contributed by atoms with E-state index in [1.807, 2.05) is 0 Å². The van der Waals surface area contributed by atoms with E-state index in [9.17, 15) is 23.1 Å². The number of hydrogen-bond acceptors (Lipinski definition) is 4. The molecule has 20 heavy (non-hydrogen) atoms. The van der Waals surface area contributed by atoms with Crippen molar-refractivity contribution in [3.05, 3.63) is 18.2 Å². The molecule has 1 aliphatic heterocycles. The van der Waals surface area contributed by atoms with Gasteiger partial charge in [-0.15, -0.1) is 13.2 Å². The lowest BCUT2D eigenvalue weighted by Crippen LogP contribution is -2.25. The summed E-state index contributed by atoms with van der Waals surface area (Å²) in [6.45, 7) is -0.0693. The van der Waals surface area contributed by atoms with E-state index in [1.165, 1.54) is 0 Å². The van der Waals surface area contributed by atoms with E-state index in [1.54, 1.807) is 0 Å². The normalized spacial score (nSPS) is 19.5. The number of aliphatic hydroxyl groups is 1. The molecule has 1 aromatic carbocycles. The van der Waals surface area contributed by atoms with Crippen molar-refractivity contribution in [2.24, 2.45) is 5.92 Å². The van der Waals surface area contributed by atoms with Crippen molar-refractivity contribution in [2.45, 2.75) is 12.8 Å². The number of amides is 1. The third-order valence-corrected chi connectivity index (χ3v) is 2.93. The Kier molecular flexibility index (Phi) is 3.76. The Morgan fingerprint density at radius 3 is 2.65 bits per heavy atom. The van der Waals surface area contributed by atoms with Gasteiger partial charge >= 0.3 is 6.36 Å². The van der Waals surface area contributed by atoms with Crippen LogP contribution in [0.5, 0.6) is 11.5 Å². The van der Waals surface area contributed by atoms with Gasteiger partial charge in [0.15, 0.2) is 0 Å². The maximum atomic E-state index is 12.1. The first-order valence-electron chi connectivity index (χ1n) is 5.80. The molecule has 0 aliphatic carbocycles. The summed E-state index contributed by atoms with van der Waals surface area (Å²) in [4.78, 5) is 12.9. The van der Waals surface area contributed by atoms with E-state index in [-0.39, 0.29) is 42.8 Å². The molecule has 2 rings (SSSR count). The summed E-state index contributed by atoms with van der Waals surface area (Å²) < 4.78 is 40.2. The molecule has 0 radical (unpaired) electrons. The average molecular weight is 291 g/mol. The third-order valence-electron chi connectivity index (χ3n) is 2.93. The van der Waals surface area contributed by atoms with Gasteiger partial charge in [0.25, 0.3) is 0 Å². The van der Waals surface area contributed by atoms with Crippen molar-refractivity contribution in [1.29, 1.82) is 0 Å². The Labute approximate surface area is 112 Å². The molecule has 1 unspecified atom stereocenters. The lowest BCUT2D eigenvalue weighted by Gasteiger charge is -2.19. The molecule has 110 valence electrons. The van der Waals surface area contributed by atoms with Crippen LogP contribution in [0.1, 0.15) is 6.42 Å². The number of hydrogen-bond donors (Lipinski definition) is 2. The molecular formula is C12H12F3NO4. The molecular weight excluding hydrogens is 279 g/mol. The lowest BCUT2D eigenvalue weighted by molar-refractivity contribution is -0.274. The van der Waals surface area contributed by atoms with Crippen LogP contribution >= 0.6 is 0 Å². The molecule has 1 heterocycles. The molecule has 0 aromatic heterocycles. The first-order valence-corrected chi connectivity index (χ1v) is 5.80. The van der Waals surface area contributed by atoms with Crippen LogP contribution in [0.25, 0.3) is 0 Å². The average Bonchev–Trinajstić information content (AvgIpc) is 2.71. The summed E-state index contributed by atoms with van der Waals surface area (Å²) >= 11 is 0. The van der Waals surface area contributed by atoms with Crippen molar-refractivity contribution < 1.29 is 32.9 Å². The van der Waals surface area contributed by atoms with Crippen LogP contribution in [0.4, 0.5) is 18.9 Å². The Balaban J connectivity index is 2.27. The number of aromatic hydroxyl groups is 1. The lowest BCUT2D eigenvalue weighted by atomic mass is 10.1. The van der Waals surface area contributed by atoms with Crippen molar-refractivity contribution >= 4 is 11.6 Å². The van der Waals surface area contributed by atoms with E-state index in [0.29, 0.717) is 0 Å². The van der Waals surface area contributed by atoms with Gasteiger partial charge in [-0.3, -0.25) is 4.79 Å². The second-order valence-electron chi connectivity index (χ2n) is 4.46. The summed E-state index contributed by atoms with van der Waals surface area (Å²) in [5, 5.41) is 18.7. The Hall–Kier alpha value is -1.96. The molecule has 0 bridgehead atoms. The van der Waals surface area contributed by atoms with E-state index >= 15 is 0 Å². The van der Waals surface area contributed by atoms with Crippen LogP contribution in [0.3, 0.4) is 0 Å². The minimum absolute atomic E-state index is 0.0623. The molecule has 1 aliphatic rings. The molecule has 1 saturated heterocycles. The number of benzene rings is 1. The number of nitrogens with zero attached hydrogens (tertiary/aromatic N) is 1. The van der Waals surface area contributed by atoms with Crippen LogP contribution in [0.15, 0.2) is 18.2 Å². The summed E-state index contributed by atoms with van der Waals surface area (Å²) in [7, 11) is 0. The zero-order valence-electron chi connectivity index (χ0n) is 10.2. The number of anilines is 1. The summed E-state index contributed by atoms with van der Waals surface area (Å²) in [5.41, 5.74) is -0.0623. The smallest absolute Gasteiger partial charge is 0.506 e. The maximum Gasteiger partial charge on any atom is 0.573 e. The number of aliphatic hydroxyl groups excluding tert-OH is 1. The zero-order valence-corrected chi connectivity index (χ0v) is 10.2. The molecule has 1 aromatic rings. The van der Waals surface area contributed by atoms with Gasteiger partial charge in [-0.25, -0.2) is 0 Å². The van der Waals surface area contributed by atoms with E-state index in [2.05, 4.69) is 4.74 Å². The second kappa shape index (κ2) is 5.20. The number of phenols is 1. The van der Waals surface area contributed by atoms with Gasteiger partial charge < -0.3 is 19.8 Å². The maximum absolute atomic E-state index is 12.1. The molecule has 0 saturated carbocycles. The third kappa shape index (κ3) is 3.13. The number of halogens is 3. The quantitative estimate of drug-likeness (QED) is 0.888. The largest absolute Gasteiger partial charge is 0.573 e. The van der Waals surface area contributed by atoms with E-state index < -0.39 is 12.1 Å². The fourth-order valence-electron chi connectivity index (χ4n) is 2.05. The van der Waals surface area contributed by atoms with Gasteiger partial charge in [-0.2, -0.15) is 0 Å². The Morgan fingerprint density at radius 1 is 1.40 bits per heavy atom. The van der Waals surface area contributed by atoms with Crippen LogP contribution in [0.2, 0.25) is 0 Å². The SMILES string of the molecule is O=C1CC(CO)CN1c1cc(OC(F)(F)F)ccc1O. The van der Waals surface area contributed by atoms with E-state index in [0.717, 1.165) is 23.1 Å². The van der Waals surface area contributed by atoms with Crippen LogP contribution in [-0.2, 0) is 4.79 Å². The van der Waals surface area contributed by atoms with E-state index in [4.69, 9.17) is 5.11 Å². The molecule has 1 atom stereocenters. The minimum Gasteiger partial charge on any atom is -0.506 e. The summed E-state index contributed by atoms with van der Waals surface area (Å²) in [6.07, 6.45) is -4.77. The number of rotatable bonds is 3. The van der Waals surface area contributed by atoms with Gasteiger partial charge in [-0.1, -0.05) is 0 Å². The molecule has 0 spiro atoms. The summed E-state index contributed by atoms with van der Waals surface area (Å²) in [5.74, 6) is -1.52. The summed E-state index contributed by atoms with van der Waals surface area (Å²) in [6, 6.07) is 2.92. The molecule has 1 amide bonds. The highest BCUT2D eigenvalue weighted by Crippen LogP contribution is 2.36. The highest BCUT2D eigenvalue weighted by Gasteiger charge is 2.34. The highest BCUT2D eigenvalue weighted by atomic mass is 19.4.